The van der Waals surface area contributed by atoms with Gasteiger partial charge in [-0.25, -0.2) is 4.57 Å². The molecule has 0 aliphatic carbocycles. The Morgan fingerprint density at radius 2 is 1.36 bits per heavy atom. The van der Waals surface area contributed by atoms with E-state index in [0.29, 0.717) is 11.1 Å². The first-order valence-corrected chi connectivity index (χ1v) is 10.5. The van der Waals surface area contributed by atoms with Crippen LogP contribution < -0.4 is 4.52 Å². The fourth-order valence-corrected chi connectivity index (χ4v) is 3.92. The van der Waals surface area contributed by atoms with Gasteiger partial charge in [-0.15, -0.1) is 0 Å². The minimum atomic E-state index is -4.19. The third-order valence-corrected chi connectivity index (χ3v) is 5.13. The fourth-order valence-electron chi connectivity index (χ4n) is 2.04. The Kier molecular flexibility index (Phi) is 5.77. The Hall–Kier alpha value is -2.02. The van der Waals surface area contributed by atoms with Gasteiger partial charge in [0.05, 0.1) is 17.2 Å². The molecule has 0 heterocycles. The summed E-state index contributed by atoms with van der Waals surface area (Å²) in [7, 11) is -8.25. The van der Waals surface area contributed by atoms with Crippen molar-refractivity contribution in [1.82, 2.24) is 0 Å². The van der Waals surface area contributed by atoms with E-state index >= 15 is 0 Å². The van der Waals surface area contributed by atoms with Crippen molar-refractivity contribution >= 4 is 20.9 Å². The van der Waals surface area contributed by atoms with E-state index in [1.807, 2.05) is 0 Å². The number of nitro benzene ring substituents is 1. The molecular weight excluding hydrogens is 372 g/mol. The molecule has 0 aliphatic heterocycles. The van der Waals surface area contributed by atoms with Gasteiger partial charge >= 0.3 is 15.2 Å². The summed E-state index contributed by atoms with van der Waals surface area (Å²) in [5.41, 5.74) is 0.636. The number of benzene rings is 2. The van der Waals surface area contributed by atoms with Gasteiger partial charge in [0, 0.05) is 12.1 Å². The van der Waals surface area contributed by atoms with Crippen LogP contribution in [0.4, 0.5) is 5.69 Å². The van der Waals surface area contributed by atoms with Crippen LogP contribution in [-0.2, 0) is 21.5 Å². The molecule has 2 rings (SSSR count). The zero-order chi connectivity index (χ0) is 18.7. The highest BCUT2D eigenvalue weighted by Gasteiger charge is 2.22. The molecule has 9 nitrogen and oxygen atoms in total. The van der Waals surface area contributed by atoms with Crippen LogP contribution in [0.1, 0.15) is 11.1 Å². The summed E-state index contributed by atoms with van der Waals surface area (Å²) in [6.45, 7) is 0. The third kappa shape index (κ3) is 6.42. The van der Waals surface area contributed by atoms with E-state index in [4.69, 9.17) is 14.3 Å². The first kappa shape index (κ1) is 19.3. The second-order valence-electron chi connectivity index (χ2n) is 5.28. The standard InChI is InChI=1S/C14H15NO8P2/c16-15(17)13-5-1-12(2-6-13)10-25(21,22)23-14-7-3-11(4-8-14)9-24(18,19)20/h1-8H,9-10H2,(H,21,22)(H2,18,19,20). The SMILES string of the molecule is O=[N+]([O-])c1ccc(CP(=O)(O)Oc2ccc(CP(=O)(O)O)cc2)cc1. The second kappa shape index (κ2) is 7.47. The first-order valence-electron chi connectivity index (χ1n) is 6.92. The van der Waals surface area contributed by atoms with E-state index in [-0.39, 0.29) is 17.6 Å². The van der Waals surface area contributed by atoms with E-state index in [1.54, 1.807) is 0 Å². The minimum Gasteiger partial charge on any atom is -0.424 e. The Balaban J connectivity index is 2.04. The van der Waals surface area contributed by atoms with Gasteiger partial charge in [0.15, 0.2) is 0 Å². The molecular formula is C14H15NO8P2. The molecule has 0 fully saturated rings. The Morgan fingerprint density at radius 3 is 1.84 bits per heavy atom. The van der Waals surface area contributed by atoms with E-state index in [2.05, 4.69) is 0 Å². The zero-order valence-electron chi connectivity index (χ0n) is 12.8. The lowest BCUT2D eigenvalue weighted by atomic mass is 10.2. The lowest BCUT2D eigenvalue weighted by Crippen LogP contribution is -1.97. The largest absolute Gasteiger partial charge is 0.424 e. The smallest absolute Gasteiger partial charge is 0.380 e. The van der Waals surface area contributed by atoms with Crippen LogP contribution in [0.3, 0.4) is 0 Å². The van der Waals surface area contributed by atoms with Gasteiger partial charge in [-0.05, 0) is 23.3 Å². The predicted octanol–water partition coefficient (Wildman–Crippen LogP) is 3.04. The van der Waals surface area contributed by atoms with Crippen molar-refractivity contribution in [3.63, 3.8) is 0 Å². The van der Waals surface area contributed by atoms with E-state index in [1.165, 1.54) is 48.5 Å². The van der Waals surface area contributed by atoms with Crippen LogP contribution in [0.25, 0.3) is 0 Å². The van der Waals surface area contributed by atoms with Crippen molar-refractivity contribution < 1.29 is 33.3 Å². The molecule has 1 atom stereocenters. The average molecular weight is 387 g/mol. The van der Waals surface area contributed by atoms with Crippen LogP contribution in [0, 0.1) is 10.1 Å². The fraction of sp³-hybridized carbons (Fsp3) is 0.143. The highest BCUT2D eigenvalue weighted by molar-refractivity contribution is 7.52. The number of nitro groups is 1. The molecule has 1 unspecified atom stereocenters. The van der Waals surface area contributed by atoms with Gasteiger partial charge in [-0.3, -0.25) is 14.7 Å². The third-order valence-electron chi connectivity index (χ3n) is 3.09. The van der Waals surface area contributed by atoms with Crippen LogP contribution in [0.2, 0.25) is 0 Å². The quantitative estimate of drug-likeness (QED) is 0.373. The van der Waals surface area contributed by atoms with Gasteiger partial charge in [0.1, 0.15) is 5.75 Å². The first-order chi connectivity index (χ1) is 11.5. The van der Waals surface area contributed by atoms with E-state index in [0.717, 1.165) is 0 Å². The molecule has 0 radical (unpaired) electrons. The predicted molar refractivity (Wildman–Crippen MR) is 89.4 cm³/mol. The van der Waals surface area contributed by atoms with Crippen molar-refractivity contribution in [2.24, 2.45) is 0 Å². The maximum absolute atomic E-state index is 12.2. The molecule has 2 aromatic rings. The van der Waals surface area contributed by atoms with Gasteiger partial charge < -0.3 is 19.2 Å². The average Bonchev–Trinajstić information content (AvgIpc) is 2.47. The number of rotatable bonds is 7. The summed E-state index contributed by atoms with van der Waals surface area (Å²) < 4.78 is 28.1. The van der Waals surface area contributed by atoms with Crippen LogP contribution >= 0.6 is 15.2 Å². The van der Waals surface area contributed by atoms with Crippen molar-refractivity contribution in [3.05, 3.63) is 69.8 Å². The summed E-state index contributed by atoms with van der Waals surface area (Å²) in [5.74, 6) is 0.0715. The molecule has 0 amide bonds. The Labute approximate surface area is 142 Å². The molecule has 0 aliphatic rings. The maximum Gasteiger partial charge on any atom is 0.380 e. The van der Waals surface area contributed by atoms with Gasteiger partial charge in [0.25, 0.3) is 5.69 Å². The van der Waals surface area contributed by atoms with E-state index < -0.39 is 26.3 Å². The number of non-ortho nitro benzene ring substituents is 1. The minimum absolute atomic E-state index is 0.0715. The molecule has 2 aromatic carbocycles. The lowest BCUT2D eigenvalue weighted by molar-refractivity contribution is -0.384. The summed E-state index contributed by atoms with van der Waals surface area (Å²) in [6, 6.07) is 10.6. The number of hydrogen-bond acceptors (Lipinski definition) is 5. The van der Waals surface area contributed by atoms with Crippen LogP contribution in [-0.4, -0.2) is 19.6 Å². The normalized spacial score (nSPS) is 13.9. The van der Waals surface area contributed by atoms with Crippen LogP contribution in [0.15, 0.2) is 48.5 Å². The van der Waals surface area contributed by atoms with Gasteiger partial charge in [0.2, 0.25) is 0 Å². The molecule has 0 saturated carbocycles. The summed E-state index contributed by atoms with van der Waals surface area (Å²) in [4.78, 5) is 37.7. The second-order valence-corrected chi connectivity index (χ2v) is 8.70. The lowest BCUT2D eigenvalue weighted by Gasteiger charge is -2.14. The number of hydrogen-bond donors (Lipinski definition) is 3. The van der Waals surface area contributed by atoms with Crippen molar-refractivity contribution in [2.45, 2.75) is 12.3 Å². The molecule has 0 bridgehead atoms. The van der Waals surface area contributed by atoms with E-state index in [9.17, 15) is 24.1 Å². The highest BCUT2D eigenvalue weighted by atomic mass is 31.2. The Morgan fingerprint density at radius 1 is 0.880 bits per heavy atom. The molecule has 11 heteroatoms. The van der Waals surface area contributed by atoms with Crippen LogP contribution in [0.5, 0.6) is 5.75 Å². The summed E-state index contributed by atoms with van der Waals surface area (Å²) in [6.07, 6.45) is -0.776. The summed E-state index contributed by atoms with van der Waals surface area (Å²) in [5, 5.41) is 10.6. The van der Waals surface area contributed by atoms with Crippen molar-refractivity contribution in [1.29, 1.82) is 0 Å². The highest BCUT2D eigenvalue weighted by Crippen LogP contribution is 2.46. The molecule has 25 heavy (non-hydrogen) atoms. The molecule has 0 spiro atoms. The van der Waals surface area contributed by atoms with Gasteiger partial charge in [-0.1, -0.05) is 24.3 Å². The molecule has 134 valence electrons. The molecule has 3 N–H and O–H groups in total. The zero-order valence-corrected chi connectivity index (χ0v) is 14.5. The van der Waals surface area contributed by atoms with Crippen molar-refractivity contribution in [3.8, 4) is 5.75 Å². The van der Waals surface area contributed by atoms with Crippen molar-refractivity contribution in [2.75, 3.05) is 0 Å². The topological polar surface area (TPSA) is 147 Å². The molecule has 0 aromatic heterocycles. The monoisotopic (exact) mass is 387 g/mol. The summed E-state index contributed by atoms with van der Waals surface area (Å²) >= 11 is 0. The Bertz CT molecular complexity index is 844. The molecule has 0 saturated heterocycles. The number of nitrogens with zero attached hydrogens (tertiary/aromatic N) is 1. The van der Waals surface area contributed by atoms with Gasteiger partial charge in [-0.2, -0.15) is 0 Å². The maximum atomic E-state index is 12.2.